The third-order valence-electron chi connectivity index (χ3n) is 3.76. The van der Waals surface area contributed by atoms with Crippen LogP contribution in [-0.2, 0) is 0 Å². The number of H-pyrrole nitrogens is 1. The van der Waals surface area contributed by atoms with Crippen molar-refractivity contribution in [2.45, 2.75) is 0 Å². The molecule has 0 aliphatic rings. The number of carboxylic acids is 1. The molecule has 26 heavy (non-hydrogen) atoms. The number of hydrogen-bond acceptors (Lipinski definition) is 5. The van der Waals surface area contributed by atoms with Crippen LogP contribution in [0.2, 0.25) is 0 Å². The molecule has 1 aromatic heterocycles. The Morgan fingerprint density at radius 3 is 2.50 bits per heavy atom. The number of aromatic amines is 1. The quantitative estimate of drug-likeness (QED) is 0.510. The number of carbonyl (C=O) groups is 1. The van der Waals surface area contributed by atoms with Crippen LogP contribution in [0.3, 0.4) is 0 Å². The van der Waals surface area contributed by atoms with Crippen molar-refractivity contribution < 1.29 is 14.8 Å². The van der Waals surface area contributed by atoms with E-state index in [1.54, 1.807) is 6.07 Å². The lowest BCUT2D eigenvalue weighted by atomic mass is 10.1. The van der Waals surface area contributed by atoms with Crippen LogP contribution in [0.1, 0.15) is 15.9 Å². The fourth-order valence-electron chi connectivity index (χ4n) is 2.47. The molecular formula is C18H12N3O5-. The van der Waals surface area contributed by atoms with Crippen molar-refractivity contribution in [3.63, 3.8) is 0 Å². The molecule has 3 aromatic rings. The molecule has 0 aliphatic heterocycles. The van der Waals surface area contributed by atoms with Gasteiger partial charge in [-0.1, -0.05) is 30.8 Å². The number of carbonyl (C=O) groups excluding carboxylic acids is 1. The number of hydrogen-bond donors (Lipinski definition) is 1. The summed E-state index contributed by atoms with van der Waals surface area (Å²) in [7, 11) is 0. The molecule has 8 nitrogen and oxygen atoms in total. The van der Waals surface area contributed by atoms with Crippen LogP contribution < -0.4 is 21.2 Å². The first-order valence-electron chi connectivity index (χ1n) is 7.45. The maximum absolute atomic E-state index is 12.6. The molecule has 0 unspecified atom stereocenters. The Labute approximate surface area is 146 Å². The molecule has 0 spiro atoms. The normalized spacial score (nSPS) is 11.5. The summed E-state index contributed by atoms with van der Waals surface area (Å²) < 4.78 is 1.21. The van der Waals surface area contributed by atoms with Crippen LogP contribution in [0.15, 0.2) is 53.3 Å². The zero-order valence-electron chi connectivity index (χ0n) is 13.3. The molecule has 0 atom stereocenters. The Morgan fingerprint density at radius 1 is 1.19 bits per heavy atom. The average Bonchev–Trinajstić information content (AvgIpc) is 2.90. The second kappa shape index (κ2) is 6.52. The van der Waals surface area contributed by atoms with Gasteiger partial charge in [-0.3, -0.25) is 20.0 Å². The van der Waals surface area contributed by atoms with E-state index in [9.17, 15) is 24.8 Å². The molecule has 3 rings (SSSR count). The van der Waals surface area contributed by atoms with Crippen molar-refractivity contribution in [3.05, 3.63) is 90.7 Å². The van der Waals surface area contributed by atoms with Gasteiger partial charge in [0.05, 0.1) is 27.1 Å². The Morgan fingerprint density at radius 2 is 1.88 bits per heavy atom. The summed E-state index contributed by atoms with van der Waals surface area (Å²) in [6.07, 6.45) is 1.50. The van der Waals surface area contributed by atoms with Crippen LogP contribution in [0, 0.1) is 10.1 Å². The van der Waals surface area contributed by atoms with Crippen LogP contribution in [0.4, 0.5) is 5.69 Å². The monoisotopic (exact) mass is 350 g/mol. The molecule has 0 radical (unpaired) electrons. The van der Waals surface area contributed by atoms with Crippen LogP contribution >= 0.6 is 0 Å². The summed E-state index contributed by atoms with van der Waals surface area (Å²) >= 11 is 0. The SMILES string of the molecule is C=c1[nH]n(-c2ccc(C(=O)[O-])cc2)c(=O)/c1=C\c1cccc([N+](=O)[O-])c1. The molecule has 8 heteroatoms. The first-order chi connectivity index (χ1) is 12.4. The Balaban J connectivity index is 2.10. The van der Waals surface area contributed by atoms with Crippen molar-refractivity contribution in [2.75, 3.05) is 0 Å². The van der Waals surface area contributed by atoms with Gasteiger partial charge < -0.3 is 9.90 Å². The van der Waals surface area contributed by atoms with E-state index in [0.29, 0.717) is 16.6 Å². The highest BCUT2D eigenvalue weighted by atomic mass is 16.6. The first-order valence-corrected chi connectivity index (χ1v) is 7.45. The van der Waals surface area contributed by atoms with Gasteiger partial charge in [-0.05, 0) is 29.3 Å². The van der Waals surface area contributed by atoms with Gasteiger partial charge in [0.15, 0.2) is 0 Å². The van der Waals surface area contributed by atoms with Crippen LogP contribution in [-0.4, -0.2) is 20.7 Å². The van der Waals surface area contributed by atoms with Crippen LogP contribution in [0.5, 0.6) is 0 Å². The summed E-state index contributed by atoms with van der Waals surface area (Å²) in [5.41, 5.74) is 0.399. The number of aromatic carboxylic acids is 1. The molecule has 0 aliphatic carbocycles. The van der Waals surface area contributed by atoms with E-state index in [1.807, 2.05) is 0 Å². The van der Waals surface area contributed by atoms with Gasteiger partial charge in [0.25, 0.3) is 11.2 Å². The molecule has 0 saturated carbocycles. The van der Waals surface area contributed by atoms with Gasteiger partial charge in [-0.15, -0.1) is 0 Å². The smallest absolute Gasteiger partial charge is 0.279 e. The number of aromatic nitrogens is 2. The first kappa shape index (κ1) is 16.9. The van der Waals surface area contributed by atoms with Gasteiger partial charge in [-0.25, -0.2) is 4.68 Å². The zero-order chi connectivity index (χ0) is 18.8. The van der Waals surface area contributed by atoms with E-state index < -0.39 is 16.5 Å². The van der Waals surface area contributed by atoms with Crippen molar-refractivity contribution in [3.8, 4) is 5.69 Å². The second-order valence-electron chi connectivity index (χ2n) is 5.48. The number of nitro benzene ring substituents is 1. The zero-order valence-corrected chi connectivity index (χ0v) is 13.3. The van der Waals surface area contributed by atoms with Crippen molar-refractivity contribution >= 4 is 24.3 Å². The summed E-state index contributed by atoms with van der Waals surface area (Å²) in [6.45, 7) is 3.78. The van der Waals surface area contributed by atoms with Gasteiger partial charge in [0.2, 0.25) is 0 Å². The van der Waals surface area contributed by atoms with Gasteiger partial charge >= 0.3 is 0 Å². The van der Waals surface area contributed by atoms with E-state index in [0.717, 1.165) is 0 Å². The minimum Gasteiger partial charge on any atom is -0.545 e. The Kier molecular flexibility index (Phi) is 4.24. The number of carboxylic acid groups (broad SMARTS) is 1. The fraction of sp³-hybridized carbons (Fsp3) is 0. The maximum Gasteiger partial charge on any atom is 0.279 e. The van der Waals surface area contributed by atoms with E-state index in [2.05, 4.69) is 11.7 Å². The van der Waals surface area contributed by atoms with Gasteiger partial charge in [0.1, 0.15) is 0 Å². The fourth-order valence-corrected chi connectivity index (χ4v) is 2.47. The molecule has 0 fully saturated rings. The van der Waals surface area contributed by atoms with E-state index in [1.165, 1.54) is 53.2 Å². The van der Waals surface area contributed by atoms with E-state index in [-0.39, 0.29) is 16.5 Å². The number of rotatable bonds is 4. The number of nitrogens with zero attached hydrogens (tertiary/aromatic N) is 2. The Bertz CT molecular complexity index is 1170. The predicted octanol–water partition coefficient (Wildman–Crippen LogP) is -0.324. The number of benzene rings is 2. The highest BCUT2D eigenvalue weighted by molar-refractivity contribution is 5.85. The lowest BCUT2D eigenvalue weighted by Crippen LogP contribution is -2.34. The maximum atomic E-state index is 12.6. The van der Waals surface area contributed by atoms with Gasteiger partial charge in [0, 0.05) is 12.1 Å². The van der Waals surface area contributed by atoms with Crippen LogP contribution in [0.25, 0.3) is 18.3 Å². The minimum atomic E-state index is -1.31. The summed E-state index contributed by atoms with van der Waals surface area (Å²) in [4.78, 5) is 33.8. The highest BCUT2D eigenvalue weighted by Crippen LogP contribution is 2.13. The average molecular weight is 350 g/mol. The molecule has 0 amide bonds. The van der Waals surface area contributed by atoms with Crippen molar-refractivity contribution in [1.82, 2.24) is 9.78 Å². The molecule has 0 bridgehead atoms. The second-order valence-corrected chi connectivity index (χ2v) is 5.48. The Hall–Kier alpha value is -3.94. The summed E-state index contributed by atoms with van der Waals surface area (Å²) in [5, 5.41) is 25.0. The van der Waals surface area contributed by atoms with E-state index >= 15 is 0 Å². The highest BCUT2D eigenvalue weighted by Gasteiger charge is 2.07. The minimum absolute atomic E-state index is 0.00779. The topological polar surface area (TPSA) is 121 Å². The largest absolute Gasteiger partial charge is 0.545 e. The predicted molar refractivity (Wildman–Crippen MR) is 92.2 cm³/mol. The number of nitrogens with one attached hydrogen (secondary N) is 1. The van der Waals surface area contributed by atoms with Crippen molar-refractivity contribution in [1.29, 1.82) is 0 Å². The summed E-state index contributed by atoms with van der Waals surface area (Å²) in [6, 6.07) is 11.4. The number of nitro groups is 1. The summed E-state index contributed by atoms with van der Waals surface area (Å²) in [5.74, 6) is -1.31. The molecule has 1 heterocycles. The van der Waals surface area contributed by atoms with Gasteiger partial charge in [-0.2, -0.15) is 0 Å². The third-order valence-corrected chi connectivity index (χ3v) is 3.76. The molecule has 0 saturated heterocycles. The lowest BCUT2D eigenvalue weighted by molar-refractivity contribution is -0.384. The molecular weight excluding hydrogens is 338 g/mol. The lowest BCUT2D eigenvalue weighted by Gasteiger charge is -2.04. The number of non-ortho nitro benzene ring substituents is 1. The standard InChI is InChI=1S/C18H13N3O5/c1-11-16(10-12-3-2-4-15(9-12)21(25)26)17(22)20(19-11)14-7-5-13(6-8-14)18(23)24/h2-10,19H,1H2,(H,23,24)/p-1/b16-10-. The molecule has 2 aromatic carbocycles. The van der Waals surface area contributed by atoms with Crippen molar-refractivity contribution in [2.24, 2.45) is 0 Å². The third kappa shape index (κ3) is 3.16. The van der Waals surface area contributed by atoms with E-state index in [4.69, 9.17) is 0 Å². The molecule has 130 valence electrons. The molecule has 1 N–H and O–H groups in total.